The summed E-state index contributed by atoms with van der Waals surface area (Å²) in [6.07, 6.45) is 4.48. The molecule has 5 heteroatoms. The highest BCUT2D eigenvalue weighted by Gasteiger charge is 2.21. The van der Waals surface area contributed by atoms with Gasteiger partial charge < -0.3 is 5.32 Å². The third-order valence-corrected chi connectivity index (χ3v) is 3.80. The first kappa shape index (κ1) is 13.0. The molecule has 1 aromatic heterocycles. The number of halogens is 2. The van der Waals surface area contributed by atoms with Crippen LogP contribution in [0.15, 0.2) is 24.4 Å². The van der Waals surface area contributed by atoms with Crippen molar-refractivity contribution in [3.05, 3.63) is 45.7 Å². The number of aromatic nitrogens is 2. The first-order valence-corrected chi connectivity index (χ1v) is 7.12. The summed E-state index contributed by atoms with van der Waals surface area (Å²) in [5.41, 5.74) is 3.22. The van der Waals surface area contributed by atoms with Gasteiger partial charge >= 0.3 is 0 Å². The molecule has 0 radical (unpaired) electrons. The van der Waals surface area contributed by atoms with Gasteiger partial charge in [0.15, 0.2) is 0 Å². The standard InChI is InChI=1S/C14H15Cl2N3/c1-9-10(7-17-13-2-3-13)8-18-19(9)14-5-11(15)4-12(16)6-14/h4-6,8,13,17H,2-3,7H2,1H3. The summed E-state index contributed by atoms with van der Waals surface area (Å²) >= 11 is 12.1. The van der Waals surface area contributed by atoms with Gasteiger partial charge in [-0.25, -0.2) is 4.68 Å². The average molecular weight is 296 g/mol. The van der Waals surface area contributed by atoms with E-state index in [1.165, 1.54) is 18.4 Å². The van der Waals surface area contributed by atoms with Gasteiger partial charge in [0.2, 0.25) is 0 Å². The minimum atomic E-state index is 0.620. The molecule has 1 aromatic carbocycles. The number of hydrogen-bond donors (Lipinski definition) is 1. The van der Waals surface area contributed by atoms with E-state index in [4.69, 9.17) is 23.2 Å². The maximum absolute atomic E-state index is 6.03. The zero-order valence-electron chi connectivity index (χ0n) is 10.7. The molecule has 1 fully saturated rings. The Kier molecular flexibility index (Phi) is 3.52. The smallest absolute Gasteiger partial charge is 0.0678 e. The second-order valence-electron chi connectivity index (χ2n) is 4.95. The van der Waals surface area contributed by atoms with Crippen molar-refractivity contribution in [3.8, 4) is 5.69 Å². The van der Waals surface area contributed by atoms with E-state index >= 15 is 0 Å². The highest BCUT2D eigenvalue weighted by molar-refractivity contribution is 6.34. The molecular formula is C14H15Cl2N3. The predicted octanol–water partition coefficient (Wildman–Crippen LogP) is 3.74. The van der Waals surface area contributed by atoms with Crippen LogP contribution in [0.2, 0.25) is 10.0 Å². The summed E-state index contributed by atoms with van der Waals surface area (Å²) in [7, 11) is 0. The summed E-state index contributed by atoms with van der Waals surface area (Å²) < 4.78 is 1.88. The normalized spacial score (nSPS) is 14.9. The quantitative estimate of drug-likeness (QED) is 0.931. The Morgan fingerprint density at radius 1 is 1.26 bits per heavy atom. The molecular weight excluding hydrogens is 281 g/mol. The third-order valence-electron chi connectivity index (χ3n) is 3.36. The molecule has 1 aliphatic rings. The minimum absolute atomic E-state index is 0.620. The lowest BCUT2D eigenvalue weighted by Gasteiger charge is -2.07. The van der Waals surface area contributed by atoms with Crippen LogP contribution in [-0.4, -0.2) is 15.8 Å². The van der Waals surface area contributed by atoms with E-state index in [1.807, 2.05) is 23.0 Å². The molecule has 0 spiro atoms. The molecule has 1 saturated carbocycles. The van der Waals surface area contributed by atoms with Gasteiger partial charge in [0.25, 0.3) is 0 Å². The Morgan fingerprint density at radius 2 is 1.95 bits per heavy atom. The van der Waals surface area contributed by atoms with Gasteiger partial charge in [-0.3, -0.25) is 0 Å². The molecule has 3 nitrogen and oxygen atoms in total. The fourth-order valence-corrected chi connectivity index (χ4v) is 2.60. The van der Waals surface area contributed by atoms with Crippen LogP contribution in [-0.2, 0) is 6.54 Å². The monoisotopic (exact) mass is 295 g/mol. The van der Waals surface area contributed by atoms with Gasteiger partial charge in [0.1, 0.15) is 0 Å². The summed E-state index contributed by atoms with van der Waals surface area (Å²) in [4.78, 5) is 0. The van der Waals surface area contributed by atoms with Crippen LogP contribution in [0.3, 0.4) is 0 Å². The molecule has 3 rings (SSSR count). The Bertz CT molecular complexity index is 582. The zero-order valence-corrected chi connectivity index (χ0v) is 12.2. The van der Waals surface area contributed by atoms with Gasteiger partial charge in [-0.2, -0.15) is 5.10 Å². The van der Waals surface area contributed by atoms with Crippen molar-refractivity contribution >= 4 is 23.2 Å². The van der Waals surface area contributed by atoms with E-state index in [-0.39, 0.29) is 0 Å². The number of nitrogens with one attached hydrogen (secondary N) is 1. The lowest BCUT2D eigenvalue weighted by molar-refractivity contribution is 0.684. The van der Waals surface area contributed by atoms with Crippen LogP contribution in [0.4, 0.5) is 0 Å². The van der Waals surface area contributed by atoms with Crippen LogP contribution < -0.4 is 5.32 Å². The highest BCUT2D eigenvalue weighted by atomic mass is 35.5. The van der Waals surface area contributed by atoms with Crippen molar-refractivity contribution in [2.24, 2.45) is 0 Å². The Balaban J connectivity index is 1.87. The van der Waals surface area contributed by atoms with Gasteiger partial charge in [-0.05, 0) is 38.0 Å². The fourth-order valence-electron chi connectivity index (χ4n) is 2.08. The van der Waals surface area contributed by atoms with Crippen LogP contribution in [0.25, 0.3) is 5.69 Å². The molecule has 0 bridgehead atoms. The highest BCUT2D eigenvalue weighted by Crippen LogP contribution is 2.24. The van der Waals surface area contributed by atoms with Crippen molar-refractivity contribution in [2.75, 3.05) is 0 Å². The lowest BCUT2D eigenvalue weighted by atomic mass is 10.2. The number of rotatable bonds is 4. The SMILES string of the molecule is Cc1c(CNC2CC2)cnn1-c1cc(Cl)cc(Cl)c1. The largest absolute Gasteiger partial charge is 0.310 e. The molecule has 1 aliphatic carbocycles. The maximum atomic E-state index is 6.03. The van der Waals surface area contributed by atoms with Gasteiger partial charge in [0.05, 0.1) is 11.9 Å². The molecule has 1 N–H and O–H groups in total. The first-order chi connectivity index (χ1) is 9.13. The molecule has 2 aromatic rings. The lowest BCUT2D eigenvalue weighted by Crippen LogP contribution is -2.15. The van der Waals surface area contributed by atoms with E-state index in [1.54, 1.807) is 6.07 Å². The molecule has 0 saturated heterocycles. The first-order valence-electron chi connectivity index (χ1n) is 6.37. The summed E-state index contributed by atoms with van der Waals surface area (Å²) in [6, 6.07) is 6.15. The third kappa shape index (κ3) is 2.94. The van der Waals surface area contributed by atoms with Gasteiger partial charge in [-0.15, -0.1) is 0 Å². The molecule has 0 aliphatic heterocycles. The molecule has 0 atom stereocenters. The topological polar surface area (TPSA) is 29.9 Å². The summed E-state index contributed by atoms with van der Waals surface area (Å²) in [5.74, 6) is 0. The van der Waals surface area contributed by atoms with Gasteiger partial charge in [-0.1, -0.05) is 23.2 Å². The van der Waals surface area contributed by atoms with Gasteiger partial charge in [0, 0.05) is 33.9 Å². The van der Waals surface area contributed by atoms with Crippen molar-refractivity contribution in [1.82, 2.24) is 15.1 Å². The van der Waals surface area contributed by atoms with Crippen LogP contribution in [0.5, 0.6) is 0 Å². The van der Waals surface area contributed by atoms with E-state index in [0.717, 1.165) is 17.9 Å². The number of benzene rings is 1. The summed E-state index contributed by atoms with van der Waals surface area (Å²) in [6.45, 7) is 2.93. The van der Waals surface area contributed by atoms with Crippen molar-refractivity contribution in [2.45, 2.75) is 32.4 Å². The molecule has 0 unspecified atom stereocenters. The second kappa shape index (κ2) is 5.16. The zero-order chi connectivity index (χ0) is 13.4. The Hall–Kier alpha value is -1.03. The van der Waals surface area contributed by atoms with Crippen LogP contribution in [0.1, 0.15) is 24.1 Å². The molecule has 1 heterocycles. The van der Waals surface area contributed by atoms with Crippen LogP contribution in [0, 0.1) is 6.92 Å². The van der Waals surface area contributed by atoms with E-state index in [2.05, 4.69) is 17.3 Å². The minimum Gasteiger partial charge on any atom is -0.310 e. The molecule has 19 heavy (non-hydrogen) atoms. The van der Waals surface area contributed by atoms with Crippen LogP contribution >= 0.6 is 23.2 Å². The van der Waals surface area contributed by atoms with E-state index in [0.29, 0.717) is 16.1 Å². The van der Waals surface area contributed by atoms with Crippen molar-refractivity contribution in [1.29, 1.82) is 0 Å². The Morgan fingerprint density at radius 3 is 2.58 bits per heavy atom. The maximum Gasteiger partial charge on any atom is 0.0678 e. The second-order valence-corrected chi connectivity index (χ2v) is 5.82. The Labute approximate surface area is 122 Å². The van der Waals surface area contributed by atoms with Crippen molar-refractivity contribution in [3.63, 3.8) is 0 Å². The number of nitrogens with zero attached hydrogens (tertiary/aromatic N) is 2. The number of hydrogen-bond acceptors (Lipinski definition) is 2. The van der Waals surface area contributed by atoms with E-state index in [9.17, 15) is 0 Å². The van der Waals surface area contributed by atoms with Crippen molar-refractivity contribution < 1.29 is 0 Å². The molecule has 100 valence electrons. The fraction of sp³-hybridized carbons (Fsp3) is 0.357. The van der Waals surface area contributed by atoms with E-state index < -0.39 is 0 Å². The average Bonchev–Trinajstić information content (AvgIpc) is 3.09. The predicted molar refractivity (Wildman–Crippen MR) is 78.2 cm³/mol. The molecule has 0 amide bonds. The summed E-state index contributed by atoms with van der Waals surface area (Å²) in [5, 5.41) is 9.16.